The number of azide groups is 1. The predicted octanol–water partition coefficient (Wildman–Crippen LogP) is 3.95. The first kappa shape index (κ1) is 63.0. The summed E-state index contributed by atoms with van der Waals surface area (Å²) in [5.41, 5.74) is 6.36. The fraction of sp³-hybridized carbons (Fsp3) is 0.528. The third-order valence-electron chi connectivity index (χ3n) is 12.8. The van der Waals surface area contributed by atoms with Crippen molar-refractivity contribution in [3.63, 3.8) is 0 Å². The molecule has 1 aliphatic carbocycles. The van der Waals surface area contributed by atoms with Crippen LogP contribution in [0, 0.1) is 11.6 Å². The van der Waals surface area contributed by atoms with Gasteiger partial charge in [-0.25, -0.2) is 18.4 Å². The molecule has 0 bridgehead atoms. The van der Waals surface area contributed by atoms with Crippen LogP contribution in [0.15, 0.2) is 56.8 Å². The number of fused-ring (bicyclic) bond motifs is 3. The van der Waals surface area contributed by atoms with Crippen molar-refractivity contribution in [2.45, 2.75) is 55.9 Å². The lowest BCUT2D eigenvalue weighted by atomic mass is 9.89. The number of phenolic OH excluding ortho intramolecular Hbond substituents is 1. The van der Waals surface area contributed by atoms with Gasteiger partial charge in [-0.1, -0.05) is 17.6 Å². The number of hydrogen-bond acceptors (Lipinski definition) is 17. The van der Waals surface area contributed by atoms with Gasteiger partial charge in [-0.05, 0) is 48.2 Å². The standard InChI is InChI=1S/C53H67F2N9O16S/c54-38-28-36-43(30-41(38)65)80-44-31-42(66)39(55)29-37(44)49(36)34-6-5-33(27-35(34)52(71)72)51(70)59-9-7-48(69)64(14-18-77-22-26-79-25-21-76-17-12-60-63-56)13-8-47(68)58-11-16-75-20-24-78-23-19-74-15-10-57-46(67)4-2-1-3-45-50-40(32-81-45)61-53(73)62-50/h5-6,27-31,40,45,50,65H,1-4,7-26,32H2,(H,57,67)(H,58,68)(H,59,70)(H,71,72)(H2,61,62,73)/t40-,45-,50-/m0/s1. The minimum atomic E-state index is -1.51. The van der Waals surface area contributed by atoms with Gasteiger partial charge in [-0.2, -0.15) is 11.8 Å². The van der Waals surface area contributed by atoms with E-state index < -0.39 is 46.2 Å². The number of carboxylic acid groups (broad SMARTS) is 1. The molecule has 0 unspecified atom stereocenters. The lowest BCUT2D eigenvalue weighted by molar-refractivity contribution is -0.132. The first-order valence-corrected chi connectivity index (χ1v) is 27.5. The number of halogens is 2. The maximum atomic E-state index is 14.7. The lowest BCUT2D eigenvalue weighted by Crippen LogP contribution is -2.39. The van der Waals surface area contributed by atoms with E-state index in [1.807, 2.05) is 11.8 Å². The summed E-state index contributed by atoms with van der Waals surface area (Å²) in [6, 6.07) is 7.31. The Balaban J connectivity index is 0.887. The Hall–Kier alpha value is -7.17. The molecule has 440 valence electrons. The summed E-state index contributed by atoms with van der Waals surface area (Å²) in [7, 11) is 0. The molecule has 25 nitrogen and oxygen atoms in total. The number of unbranched alkanes of at least 4 members (excludes halogenated alkanes) is 1. The second kappa shape index (κ2) is 33.6. The minimum absolute atomic E-state index is 0.000392. The van der Waals surface area contributed by atoms with Crippen molar-refractivity contribution < 1.29 is 80.6 Å². The van der Waals surface area contributed by atoms with Crippen LogP contribution in [0.2, 0.25) is 0 Å². The molecule has 3 aliphatic heterocycles. The number of phenols is 1. The van der Waals surface area contributed by atoms with Crippen molar-refractivity contribution in [3.05, 3.63) is 85.9 Å². The summed E-state index contributed by atoms with van der Waals surface area (Å²) in [6.45, 7) is 3.72. The highest BCUT2D eigenvalue weighted by molar-refractivity contribution is 8.00. The second-order valence-corrected chi connectivity index (χ2v) is 19.7. The summed E-state index contributed by atoms with van der Waals surface area (Å²) < 4.78 is 68.1. The first-order chi connectivity index (χ1) is 39.2. The summed E-state index contributed by atoms with van der Waals surface area (Å²) in [5.74, 6) is -5.42. The summed E-state index contributed by atoms with van der Waals surface area (Å²) >= 11 is 1.86. The number of thioether (sulfide) groups is 1. The van der Waals surface area contributed by atoms with Gasteiger partial charge in [0, 0.05) is 109 Å². The molecule has 3 heterocycles. The molecule has 28 heteroatoms. The third kappa shape index (κ3) is 20.1. The summed E-state index contributed by atoms with van der Waals surface area (Å²) in [6.07, 6.45) is 2.78. The predicted molar refractivity (Wildman–Crippen MR) is 290 cm³/mol. The van der Waals surface area contributed by atoms with E-state index >= 15 is 0 Å². The first-order valence-electron chi connectivity index (χ1n) is 26.5. The second-order valence-electron chi connectivity index (χ2n) is 18.5. The summed E-state index contributed by atoms with van der Waals surface area (Å²) in [4.78, 5) is 92.5. The van der Waals surface area contributed by atoms with Crippen molar-refractivity contribution in [2.75, 3.05) is 124 Å². The Morgan fingerprint density at radius 2 is 1.40 bits per heavy atom. The normalized spacial score (nSPS) is 15.4. The molecule has 0 spiro atoms. The van der Waals surface area contributed by atoms with Gasteiger partial charge in [-0.3, -0.25) is 24.0 Å². The van der Waals surface area contributed by atoms with Crippen molar-refractivity contribution in [1.29, 1.82) is 0 Å². The average Bonchev–Trinajstić information content (AvgIpc) is 4.21. The average molecular weight is 1160 g/mol. The Bertz CT molecular complexity index is 2860. The molecule has 2 saturated heterocycles. The van der Waals surface area contributed by atoms with Crippen LogP contribution in [0.3, 0.4) is 0 Å². The van der Waals surface area contributed by atoms with Crippen LogP contribution in [-0.2, 0) is 42.8 Å². The maximum Gasteiger partial charge on any atom is 0.336 e. The van der Waals surface area contributed by atoms with Gasteiger partial charge in [0.25, 0.3) is 5.91 Å². The van der Waals surface area contributed by atoms with E-state index in [0.29, 0.717) is 44.6 Å². The van der Waals surface area contributed by atoms with E-state index in [4.69, 9.17) is 38.4 Å². The number of benzene rings is 3. The van der Waals surface area contributed by atoms with Crippen molar-refractivity contribution in [1.82, 2.24) is 31.5 Å². The molecule has 6 rings (SSSR count). The van der Waals surface area contributed by atoms with Gasteiger partial charge in [-0.15, -0.1) is 0 Å². The number of rotatable bonds is 38. The van der Waals surface area contributed by atoms with E-state index in [-0.39, 0.29) is 167 Å². The fourth-order valence-corrected chi connectivity index (χ4v) is 10.3. The number of aromatic carboxylic acids is 1. The van der Waals surface area contributed by atoms with Crippen LogP contribution in [0.25, 0.3) is 43.9 Å². The molecule has 2 aromatic carbocycles. The molecule has 0 saturated carbocycles. The Morgan fingerprint density at radius 3 is 2.07 bits per heavy atom. The van der Waals surface area contributed by atoms with E-state index in [9.17, 15) is 52.6 Å². The van der Waals surface area contributed by atoms with Crippen LogP contribution < -0.4 is 32.0 Å². The Kier molecular flexibility index (Phi) is 26.1. The molecule has 81 heavy (non-hydrogen) atoms. The molecule has 6 amide bonds. The van der Waals surface area contributed by atoms with E-state index in [1.165, 1.54) is 17.0 Å². The molecule has 0 radical (unpaired) electrons. The van der Waals surface area contributed by atoms with Gasteiger partial charge >= 0.3 is 12.0 Å². The smallest absolute Gasteiger partial charge is 0.336 e. The molecule has 2 aromatic rings. The SMILES string of the molecule is [N-]=[N+]=NCCOCCOCCOCCN(CCC(=O)NCCOCCOCCOCCNC(=O)CCCC[C@@H]1SC[C@@H]2NC(=O)N[C@@H]21)C(=O)CCNC(=O)c1ccc(-c2c3cc(F)c(=O)cc-3oc3cc(O)c(F)cc23)c(C(=O)O)c1. The topological polar surface area (TPSA) is 341 Å². The molecular weight excluding hydrogens is 1090 g/mol. The van der Waals surface area contributed by atoms with Crippen LogP contribution in [0.1, 0.15) is 59.2 Å². The monoisotopic (exact) mass is 1160 g/mol. The highest BCUT2D eigenvalue weighted by Gasteiger charge is 2.42. The van der Waals surface area contributed by atoms with Crippen LogP contribution in [-0.4, -0.2) is 192 Å². The number of amides is 6. The van der Waals surface area contributed by atoms with Gasteiger partial charge in [0.15, 0.2) is 17.4 Å². The zero-order chi connectivity index (χ0) is 57.9. The van der Waals surface area contributed by atoms with Crippen molar-refractivity contribution >= 4 is 58.4 Å². The van der Waals surface area contributed by atoms with Crippen molar-refractivity contribution in [2.24, 2.45) is 5.11 Å². The molecule has 2 fully saturated rings. The number of hydrogen-bond donors (Lipinski definition) is 7. The minimum Gasteiger partial charge on any atom is -0.505 e. The fourth-order valence-electron chi connectivity index (χ4n) is 8.80. The molecule has 0 aromatic heterocycles. The number of carbonyl (C=O) groups excluding carboxylic acids is 5. The van der Waals surface area contributed by atoms with Gasteiger partial charge in [0.2, 0.25) is 23.2 Å². The quantitative estimate of drug-likeness (QED) is 0.00834. The maximum absolute atomic E-state index is 14.7. The molecule has 4 aliphatic rings. The zero-order valence-corrected chi connectivity index (χ0v) is 45.3. The van der Waals surface area contributed by atoms with E-state index in [2.05, 4.69) is 36.6 Å². The highest BCUT2D eigenvalue weighted by Crippen LogP contribution is 2.43. The summed E-state index contributed by atoms with van der Waals surface area (Å²) in [5, 5.41) is 38.2. The lowest BCUT2D eigenvalue weighted by Gasteiger charge is -2.23. The van der Waals surface area contributed by atoms with Crippen LogP contribution >= 0.6 is 11.8 Å². The number of carbonyl (C=O) groups is 6. The Labute approximate surface area is 468 Å². The van der Waals surface area contributed by atoms with Gasteiger partial charge in [0.1, 0.15) is 11.3 Å². The largest absolute Gasteiger partial charge is 0.505 e. The van der Waals surface area contributed by atoms with Crippen LogP contribution in [0.4, 0.5) is 13.6 Å². The van der Waals surface area contributed by atoms with E-state index in [0.717, 1.165) is 55.3 Å². The highest BCUT2D eigenvalue weighted by atomic mass is 32.2. The van der Waals surface area contributed by atoms with E-state index in [1.54, 1.807) is 0 Å². The van der Waals surface area contributed by atoms with Crippen molar-refractivity contribution in [3.8, 4) is 28.2 Å². The number of carboxylic acids is 1. The zero-order valence-electron chi connectivity index (χ0n) is 44.5. The molecule has 7 N–H and O–H groups in total. The number of aromatic hydroxyl groups is 1. The van der Waals surface area contributed by atoms with Gasteiger partial charge in [0.05, 0.1) is 96.9 Å². The number of urea groups is 1. The number of nitrogens with one attached hydrogen (secondary N) is 5. The van der Waals surface area contributed by atoms with Gasteiger partial charge < -0.3 is 74.5 Å². The third-order valence-corrected chi connectivity index (χ3v) is 14.3. The Morgan fingerprint density at radius 1 is 0.741 bits per heavy atom. The molecule has 3 atom stereocenters. The molecular formula is C53H67F2N9O16S. The number of ether oxygens (including phenoxy) is 6. The van der Waals surface area contributed by atoms with Crippen LogP contribution in [0.5, 0.6) is 5.75 Å². The number of nitrogens with zero attached hydrogens (tertiary/aromatic N) is 4.